The van der Waals surface area contributed by atoms with Crippen molar-refractivity contribution >= 4 is 15.9 Å². The molecule has 0 heterocycles. The molecule has 1 rings (SSSR count). The Morgan fingerprint density at radius 1 is 1.13 bits per heavy atom. The fourth-order valence-corrected chi connectivity index (χ4v) is 1.83. The highest BCUT2D eigenvalue weighted by molar-refractivity contribution is 9.10. The van der Waals surface area contributed by atoms with Crippen molar-refractivity contribution in [2.75, 3.05) is 13.2 Å². The van der Waals surface area contributed by atoms with Gasteiger partial charge < -0.3 is 10.4 Å². The van der Waals surface area contributed by atoms with Gasteiger partial charge in [-0.1, -0.05) is 34.1 Å². The Kier molecular flexibility index (Phi) is 6.64. The van der Waals surface area contributed by atoms with Gasteiger partial charge in [-0.3, -0.25) is 0 Å². The van der Waals surface area contributed by atoms with Gasteiger partial charge in [0.15, 0.2) is 0 Å². The SMILES string of the molecule is OCCCCCNCc1ccccc1Br. The Morgan fingerprint density at radius 2 is 1.93 bits per heavy atom. The molecule has 0 aliphatic heterocycles. The number of rotatable bonds is 7. The number of benzene rings is 1. The van der Waals surface area contributed by atoms with Crippen molar-refractivity contribution in [1.82, 2.24) is 5.32 Å². The molecule has 0 aliphatic carbocycles. The van der Waals surface area contributed by atoms with E-state index in [1.54, 1.807) is 0 Å². The molecule has 0 atom stereocenters. The predicted molar refractivity (Wildman–Crippen MR) is 66.8 cm³/mol. The normalized spacial score (nSPS) is 10.5. The third-order valence-corrected chi connectivity index (χ3v) is 3.06. The zero-order valence-electron chi connectivity index (χ0n) is 8.88. The Morgan fingerprint density at radius 3 is 2.67 bits per heavy atom. The van der Waals surface area contributed by atoms with Crippen molar-refractivity contribution < 1.29 is 5.11 Å². The van der Waals surface area contributed by atoms with Gasteiger partial charge in [-0.25, -0.2) is 0 Å². The van der Waals surface area contributed by atoms with Crippen LogP contribution in [0, 0.1) is 0 Å². The van der Waals surface area contributed by atoms with Gasteiger partial charge in [0.05, 0.1) is 0 Å². The molecule has 1 aromatic rings. The van der Waals surface area contributed by atoms with E-state index in [0.717, 1.165) is 36.8 Å². The molecule has 0 aliphatic rings. The Bertz CT molecular complexity index is 278. The van der Waals surface area contributed by atoms with E-state index in [1.165, 1.54) is 5.56 Å². The Labute approximate surface area is 99.8 Å². The van der Waals surface area contributed by atoms with Crippen LogP contribution in [-0.2, 0) is 6.54 Å². The molecule has 0 spiro atoms. The summed E-state index contributed by atoms with van der Waals surface area (Å²) in [6, 6.07) is 8.25. The summed E-state index contributed by atoms with van der Waals surface area (Å²) in [6.07, 6.45) is 3.14. The van der Waals surface area contributed by atoms with Gasteiger partial charge in [-0.05, 0) is 37.4 Å². The average Bonchev–Trinajstić information content (AvgIpc) is 2.25. The topological polar surface area (TPSA) is 32.3 Å². The van der Waals surface area contributed by atoms with Crippen LogP contribution >= 0.6 is 15.9 Å². The van der Waals surface area contributed by atoms with Gasteiger partial charge in [0.2, 0.25) is 0 Å². The fraction of sp³-hybridized carbons (Fsp3) is 0.500. The van der Waals surface area contributed by atoms with Gasteiger partial charge in [-0.15, -0.1) is 0 Å². The van der Waals surface area contributed by atoms with Crippen LogP contribution in [0.25, 0.3) is 0 Å². The van der Waals surface area contributed by atoms with E-state index in [1.807, 2.05) is 12.1 Å². The van der Waals surface area contributed by atoms with E-state index in [0.29, 0.717) is 6.61 Å². The molecule has 0 saturated carbocycles. The van der Waals surface area contributed by atoms with Crippen LogP contribution in [0.5, 0.6) is 0 Å². The third-order valence-electron chi connectivity index (χ3n) is 2.28. The van der Waals surface area contributed by atoms with E-state index in [2.05, 4.69) is 33.4 Å². The highest BCUT2D eigenvalue weighted by atomic mass is 79.9. The monoisotopic (exact) mass is 271 g/mol. The zero-order chi connectivity index (χ0) is 10.9. The number of nitrogens with one attached hydrogen (secondary N) is 1. The van der Waals surface area contributed by atoms with Crippen LogP contribution in [0.4, 0.5) is 0 Å². The van der Waals surface area contributed by atoms with Gasteiger partial charge in [0, 0.05) is 17.6 Å². The van der Waals surface area contributed by atoms with E-state index in [-0.39, 0.29) is 0 Å². The molecule has 3 heteroatoms. The molecule has 0 radical (unpaired) electrons. The van der Waals surface area contributed by atoms with E-state index in [4.69, 9.17) is 5.11 Å². The fourth-order valence-electron chi connectivity index (χ4n) is 1.40. The molecule has 0 unspecified atom stereocenters. The lowest BCUT2D eigenvalue weighted by molar-refractivity contribution is 0.283. The highest BCUT2D eigenvalue weighted by Gasteiger charge is 1.96. The van der Waals surface area contributed by atoms with Crippen molar-refractivity contribution in [1.29, 1.82) is 0 Å². The molecule has 1 aromatic carbocycles. The predicted octanol–water partition coefficient (Wildman–Crippen LogP) is 2.70. The minimum Gasteiger partial charge on any atom is -0.396 e. The van der Waals surface area contributed by atoms with E-state index < -0.39 is 0 Å². The van der Waals surface area contributed by atoms with Crippen molar-refractivity contribution in [3.63, 3.8) is 0 Å². The lowest BCUT2D eigenvalue weighted by Crippen LogP contribution is -2.15. The highest BCUT2D eigenvalue weighted by Crippen LogP contribution is 2.15. The molecule has 0 saturated heterocycles. The quantitative estimate of drug-likeness (QED) is 0.748. The molecule has 0 amide bonds. The Hall–Kier alpha value is -0.380. The maximum atomic E-state index is 8.61. The summed E-state index contributed by atoms with van der Waals surface area (Å²) in [5.74, 6) is 0. The molecular weight excluding hydrogens is 254 g/mol. The molecule has 84 valence electrons. The maximum absolute atomic E-state index is 8.61. The van der Waals surface area contributed by atoms with Gasteiger partial charge in [0.1, 0.15) is 0 Å². The molecule has 0 bridgehead atoms. The second kappa shape index (κ2) is 7.85. The third kappa shape index (κ3) is 5.30. The molecule has 15 heavy (non-hydrogen) atoms. The van der Waals surface area contributed by atoms with Crippen LogP contribution in [0.2, 0.25) is 0 Å². The number of unbranched alkanes of at least 4 members (excludes halogenated alkanes) is 2. The minimum absolute atomic E-state index is 0.310. The average molecular weight is 272 g/mol. The number of hydrogen-bond donors (Lipinski definition) is 2. The number of aliphatic hydroxyl groups excluding tert-OH is 1. The van der Waals surface area contributed by atoms with Crippen molar-refractivity contribution in [2.45, 2.75) is 25.8 Å². The standard InChI is InChI=1S/C12H18BrNO/c13-12-7-3-2-6-11(12)10-14-8-4-1-5-9-15/h2-3,6-7,14-15H,1,4-5,8-10H2. The van der Waals surface area contributed by atoms with E-state index in [9.17, 15) is 0 Å². The van der Waals surface area contributed by atoms with Crippen LogP contribution in [0.15, 0.2) is 28.7 Å². The lowest BCUT2D eigenvalue weighted by Gasteiger charge is -2.06. The Balaban J connectivity index is 2.12. The van der Waals surface area contributed by atoms with Crippen molar-refractivity contribution in [3.8, 4) is 0 Å². The summed E-state index contributed by atoms with van der Waals surface area (Å²) in [7, 11) is 0. The van der Waals surface area contributed by atoms with Crippen LogP contribution in [-0.4, -0.2) is 18.3 Å². The number of halogens is 1. The van der Waals surface area contributed by atoms with Crippen LogP contribution in [0.3, 0.4) is 0 Å². The van der Waals surface area contributed by atoms with Crippen molar-refractivity contribution in [2.24, 2.45) is 0 Å². The van der Waals surface area contributed by atoms with Gasteiger partial charge >= 0.3 is 0 Å². The first-order chi connectivity index (χ1) is 7.34. The largest absolute Gasteiger partial charge is 0.396 e. The first kappa shape index (κ1) is 12.7. The molecular formula is C12H18BrNO. The van der Waals surface area contributed by atoms with Gasteiger partial charge in [-0.2, -0.15) is 0 Å². The summed E-state index contributed by atoms with van der Waals surface area (Å²) in [4.78, 5) is 0. The second-order valence-corrected chi connectivity index (χ2v) is 4.41. The molecule has 0 aromatic heterocycles. The van der Waals surface area contributed by atoms with Crippen LogP contribution < -0.4 is 5.32 Å². The zero-order valence-corrected chi connectivity index (χ0v) is 10.5. The summed E-state index contributed by atoms with van der Waals surface area (Å²) in [5, 5.41) is 12.0. The summed E-state index contributed by atoms with van der Waals surface area (Å²) in [5.41, 5.74) is 1.29. The summed E-state index contributed by atoms with van der Waals surface area (Å²) < 4.78 is 1.16. The van der Waals surface area contributed by atoms with E-state index >= 15 is 0 Å². The first-order valence-electron chi connectivity index (χ1n) is 5.39. The minimum atomic E-state index is 0.310. The summed E-state index contributed by atoms with van der Waals surface area (Å²) >= 11 is 3.52. The lowest BCUT2D eigenvalue weighted by atomic mass is 10.2. The first-order valence-corrected chi connectivity index (χ1v) is 6.19. The summed E-state index contributed by atoms with van der Waals surface area (Å²) in [6.45, 7) is 2.23. The second-order valence-electron chi connectivity index (χ2n) is 3.55. The molecule has 0 fully saturated rings. The smallest absolute Gasteiger partial charge is 0.0431 e. The number of aliphatic hydroxyl groups is 1. The molecule has 2 N–H and O–H groups in total. The van der Waals surface area contributed by atoms with Gasteiger partial charge in [0.25, 0.3) is 0 Å². The number of hydrogen-bond acceptors (Lipinski definition) is 2. The van der Waals surface area contributed by atoms with Crippen LogP contribution in [0.1, 0.15) is 24.8 Å². The van der Waals surface area contributed by atoms with Crippen molar-refractivity contribution in [3.05, 3.63) is 34.3 Å². The molecule has 2 nitrogen and oxygen atoms in total. The maximum Gasteiger partial charge on any atom is 0.0431 e.